The van der Waals surface area contributed by atoms with Crippen LogP contribution in [0.25, 0.3) is 0 Å². The smallest absolute Gasteiger partial charge is 0.137 e. The van der Waals surface area contributed by atoms with Gasteiger partial charge in [-0.25, -0.2) is 4.98 Å². The highest BCUT2D eigenvalue weighted by Gasteiger charge is 2.41. The first kappa shape index (κ1) is 12.0. The summed E-state index contributed by atoms with van der Waals surface area (Å²) in [5.74, 6) is 0. The molecule has 1 aliphatic rings. The van der Waals surface area contributed by atoms with Gasteiger partial charge in [-0.2, -0.15) is 0 Å². The van der Waals surface area contributed by atoms with Gasteiger partial charge in [-0.05, 0) is 11.6 Å². The lowest BCUT2D eigenvalue weighted by molar-refractivity contribution is -0.120. The lowest BCUT2D eigenvalue weighted by Crippen LogP contribution is -2.41. The summed E-state index contributed by atoms with van der Waals surface area (Å²) in [6.45, 7) is 0. The van der Waals surface area contributed by atoms with E-state index in [2.05, 4.69) is 4.98 Å². The molecule has 0 saturated carbocycles. The summed E-state index contributed by atoms with van der Waals surface area (Å²) in [7, 11) is 0. The van der Waals surface area contributed by atoms with Crippen LogP contribution in [0, 0.1) is 0 Å². The monoisotopic (exact) mass is 265 g/mol. The Morgan fingerprint density at radius 2 is 1.56 bits per heavy atom. The molecular formula is C9H9Cl2NO4. The van der Waals surface area contributed by atoms with Gasteiger partial charge in [0, 0.05) is 5.56 Å². The van der Waals surface area contributed by atoms with Crippen LogP contribution in [-0.2, 0) is 0 Å². The highest BCUT2D eigenvalue weighted by molar-refractivity contribution is 6.33. The van der Waals surface area contributed by atoms with Gasteiger partial charge in [0.2, 0.25) is 0 Å². The molecule has 2 rings (SSSR count). The summed E-state index contributed by atoms with van der Waals surface area (Å²) >= 11 is 11.4. The van der Waals surface area contributed by atoms with Crippen LogP contribution in [0.5, 0.6) is 0 Å². The van der Waals surface area contributed by atoms with E-state index in [1.165, 1.54) is 6.07 Å². The zero-order valence-electron chi connectivity index (χ0n) is 7.88. The molecule has 4 atom stereocenters. The molecule has 0 saturated heterocycles. The average Bonchev–Trinajstić information content (AvgIpc) is 2.22. The maximum absolute atomic E-state index is 9.70. The lowest BCUT2D eigenvalue weighted by atomic mass is 9.84. The second kappa shape index (κ2) is 4.10. The second-order valence-corrected chi connectivity index (χ2v) is 4.35. The van der Waals surface area contributed by atoms with Gasteiger partial charge in [0.05, 0.1) is 0 Å². The number of aliphatic hydroxyl groups excluding tert-OH is 4. The molecule has 1 aromatic rings. The molecule has 88 valence electrons. The Kier molecular flexibility index (Phi) is 3.09. The van der Waals surface area contributed by atoms with Crippen LogP contribution < -0.4 is 0 Å². The standard InChI is InChI=1S/C9H9Cl2NO4/c10-3-1-2-4(9(11)12-3)6(14)8(16)7(15)5(2)13/h1,5-8,13-16H/t5-,6-,7-,8-/m1/s1. The van der Waals surface area contributed by atoms with Gasteiger partial charge in [-0.15, -0.1) is 0 Å². The van der Waals surface area contributed by atoms with Gasteiger partial charge < -0.3 is 20.4 Å². The van der Waals surface area contributed by atoms with Gasteiger partial charge in [0.1, 0.15) is 34.7 Å². The van der Waals surface area contributed by atoms with E-state index >= 15 is 0 Å². The molecule has 4 N–H and O–H groups in total. The minimum Gasteiger partial charge on any atom is -0.387 e. The summed E-state index contributed by atoms with van der Waals surface area (Å²) < 4.78 is 0. The fourth-order valence-electron chi connectivity index (χ4n) is 1.78. The van der Waals surface area contributed by atoms with Gasteiger partial charge >= 0.3 is 0 Å². The number of nitrogens with zero attached hydrogens (tertiary/aromatic N) is 1. The summed E-state index contributed by atoms with van der Waals surface area (Å²) in [4.78, 5) is 3.70. The molecule has 0 bridgehead atoms. The first-order valence-electron chi connectivity index (χ1n) is 4.51. The Bertz CT molecular complexity index is 428. The number of hydrogen-bond donors (Lipinski definition) is 4. The van der Waals surface area contributed by atoms with Crippen molar-refractivity contribution in [1.82, 2.24) is 4.98 Å². The highest BCUT2D eigenvalue weighted by atomic mass is 35.5. The van der Waals surface area contributed by atoms with Crippen LogP contribution in [0.15, 0.2) is 6.07 Å². The minimum absolute atomic E-state index is 0.0404. The van der Waals surface area contributed by atoms with Crippen LogP contribution in [0.3, 0.4) is 0 Å². The molecule has 0 unspecified atom stereocenters. The SMILES string of the molecule is O[C@H]1[C@H](O)[C@H](O)c2c(cc(Cl)nc2Cl)[C@H]1O. The van der Waals surface area contributed by atoms with Crippen molar-refractivity contribution < 1.29 is 20.4 Å². The first-order chi connectivity index (χ1) is 7.43. The van der Waals surface area contributed by atoms with Crippen LogP contribution in [0.2, 0.25) is 10.3 Å². The molecule has 0 aromatic carbocycles. The topological polar surface area (TPSA) is 93.8 Å². The van der Waals surface area contributed by atoms with Crippen molar-refractivity contribution in [2.75, 3.05) is 0 Å². The number of fused-ring (bicyclic) bond motifs is 1. The van der Waals surface area contributed by atoms with Crippen LogP contribution in [0.1, 0.15) is 23.3 Å². The summed E-state index contributed by atoms with van der Waals surface area (Å²) in [6.07, 6.45) is -5.75. The van der Waals surface area contributed by atoms with Gasteiger partial charge in [-0.1, -0.05) is 23.2 Å². The van der Waals surface area contributed by atoms with Crippen LogP contribution >= 0.6 is 23.2 Å². The van der Waals surface area contributed by atoms with E-state index in [9.17, 15) is 20.4 Å². The molecule has 0 fully saturated rings. The van der Waals surface area contributed by atoms with Gasteiger partial charge in [0.25, 0.3) is 0 Å². The molecule has 5 nitrogen and oxygen atoms in total. The maximum Gasteiger partial charge on any atom is 0.137 e. The first-order valence-corrected chi connectivity index (χ1v) is 5.27. The Labute approximate surface area is 101 Å². The van der Waals surface area contributed by atoms with Crippen molar-refractivity contribution in [3.05, 3.63) is 27.5 Å². The molecule has 0 radical (unpaired) electrons. The Morgan fingerprint density at radius 1 is 1.00 bits per heavy atom. The Morgan fingerprint density at radius 3 is 2.19 bits per heavy atom. The van der Waals surface area contributed by atoms with Gasteiger partial charge in [0.15, 0.2) is 0 Å². The maximum atomic E-state index is 9.70. The number of aromatic nitrogens is 1. The second-order valence-electron chi connectivity index (χ2n) is 3.61. The molecule has 1 aromatic heterocycles. The average molecular weight is 266 g/mol. The van der Waals surface area contributed by atoms with E-state index in [4.69, 9.17) is 23.2 Å². The zero-order valence-corrected chi connectivity index (χ0v) is 9.39. The van der Waals surface area contributed by atoms with Crippen molar-refractivity contribution in [3.8, 4) is 0 Å². The van der Waals surface area contributed by atoms with Crippen LogP contribution in [-0.4, -0.2) is 37.6 Å². The third kappa shape index (κ3) is 1.69. The van der Waals surface area contributed by atoms with E-state index in [-0.39, 0.29) is 21.4 Å². The molecule has 0 amide bonds. The number of halogens is 2. The third-order valence-electron chi connectivity index (χ3n) is 2.62. The van der Waals surface area contributed by atoms with E-state index in [0.717, 1.165) is 0 Å². The molecule has 0 aliphatic heterocycles. The highest BCUT2D eigenvalue weighted by Crippen LogP contribution is 2.40. The summed E-state index contributed by atoms with van der Waals surface area (Å²) in [6, 6.07) is 1.30. The van der Waals surface area contributed by atoms with Gasteiger partial charge in [-0.3, -0.25) is 0 Å². The Balaban J connectivity index is 2.63. The molecule has 1 heterocycles. The summed E-state index contributed by atoms with van der Waals surface area (Å²) in [5, 5.41) is 38.3. The quantitative estimate of drug-likeness (QED) is 0.503. The van der Waals surface area contributed by atoms with E-state index in [0.29, 0.717) is 0 Å². The molecule has 0 spiro atoms. The Hall–Kier alpha value is -0.430. The fraction of sp³-hybridized carbons (Fsp3) is 0.444. The molecule has 7 heteroatoms. The van der Waals surface area contributed by atoms with E-state index < -0.39 is 24.4 Å². The van der Waals surface area contributed by atoms with E-state index in [1.807, 2.05) is 0 Å². The molecule has 1 aliphatic carbocycles. The normalized spacial score (nSPS) is 33.6. The minimum atomic E-state index is -1.51. The summed E-state index contributed by atoms with van der Waals surface area (Å²) in [5.41, 5.74) is 0.270. The van der Waals surface area contributed by atoms with Crippen LogP contribution in [0.4, 0.5) is 0 Å². The van der Waals surface area contributed by atoms with Crippen molar-refractivity contribution in [2.24, 2.45) is 0 Å². The zero-order chi connectivity index (χ0) is 12.0. The van der Waals surface area contributed by atoms with Crippen molar-refractivity contribution in [1.29, 1.82) is 0 Å². The van der Waals surface area contributed by atoms with Crippen molar-refractivity contribution in [2.45, 2.75) is 24.4 Å². The predicted molar refractivity (Wildman–Crippen MR) is 56.2 cm³/mol. The number of aliphatic hydroxyl groups is 4. The fourth-order valence-corrected chi connectivity index (χ4v) is 2.33. The predicted octanol–water partition coefficient (Wildman–Crippen LogP) is 0.191. The third-order valence-corrected chi connectivity index (χ3v) is 3.11. The number of pyridine rings is 1. The molecule has 16 heavy (non-hydrogen) atoms. The largest absolute Gasteiger partial charge is 0.387 e. The molecular weight excluding hydrogens is 257 g/mol. The number of rotatable bonds is 0. The lowest BCUT2D eigenvalue weighted by Gasteiger charge is -2.34. The van der Waals surface area contributed by atoms with Crippen molar-refractivity contribution >= 4 is 23.2 Å². The van der Waals surface area contributed by atoms with Crippen molar-refractivity contribution in [3.63, 3.8) is 0 Å². The number of hydrogen-bond acceptors (Lipinski definition) is 5. The van der Waals surface area contributed by atoms with E-state index in [1.54, 1.807) is 0 Å².